The second kappa shape index (κ2) is 9.32. The van der Waals surface area contributed by atoms with E-state index in [1.165, 1.54) is 32.9 Å². The molecule has 0 spiro atoms. The average molecular weight is 628 g/mol. The summed E-state index contributed by atoms with van der Waals surface area (Å²) in [6.45, 7) is 2.49. The monoisotopic (exact) mass is 626 g/mol. The van der Waals surface area contributed by atoms with E-state index in [0.717, 1.165) is 43.6 Å². The van der Waals surface area contributed by atoms with Crippen molar-refractivity contribution >= 4 is 66.3 Å². The van der Waals surface area contributed by atoms with E-state index in [0.29, 0.717) is 11.1 Å². The van der Waals surface area contributed by atoms with Crippen LogP contribution in [0.15, 0.2) is 78.2 Å². The molecule has 0 bridgehead atoms. The van der Waals surface area contributed by atoms with Gasteiger partial charge < -0.3 is 4.74 Å². The Bertz CT molecular complexity index is 1670. The molecular weight excluding hydrogens is 608 g/mol. The minimum atomic E-state index is -0.127. The summed E-state index contributed by atoms with van der Waals surface area (Å²) in [4.78, 5) is 20.9. The molecule has 0 amide bonds. The van der Waals surface area contributed by atoms with Crippen molar-refractivity contribution < 1.29 is 4.74 Å². The number of allylic oxidation sites excluding steroid dienone is 1. The molecule has 1 aliphatic heterocycles. The lowest BCUT2D eigenvalue weighted by molar-refractivity contribution is 0.337. The maximum absolute atomic E-state index is 13.9. The molecule has 1 aliphatic carbocycles. The van der Waals surface area contributed by atoms with Gasteiger partial charge in [-0.1, -0.05) is 57.6 Å². The van der Waals surface area contributed by atoms with Gasteiger partial charge >= 0.3 is 0 Å². The fourth-order valence-electron chi connectivity index (χ4n) is 4.84. The first-order valence-electron chi connectivity index (χ1n) is 11.3. The molecule has 0 unspecified atom stereocenters. The maximum Gasteiger partial charge on any atom is 0.271 e. The Morgan fingerprint density at radius 3 is 2.83 bits per heavy atom. The van der Waals surface area contributed by atoms with Crippen molar-refractivity contribution in [2.24, 2.45) is 4.99 Å². The van der Waals surface area contributed by atoms with E-state index in [1.54, 1.807) is 11.3 Å². The molecule has 4 nitrogen and oxygen atoms in total. The van der Waals surface area contributed by atoms with Gasteiger partial charge in [-0.2, -0.15) is 0 Å². The molecule has 35 heavy (non-hydrogen) atoms. The molecular formula is C27H20Br2N2O2S2. The van der Waals surface area contributed by atoms with Crippen LogP contribution >= 0.6 is 54.5 Å². The van der Waals surface area contributed by atoms with Crippen LogP contribution in [0.25, 0.3) is 11.8 Å². The van der Waals surface area contributed by atoms with Crippen LogP contribution in [0.4, 0.5) is 0 Å². The molecule has 0 fully saturated rings. The molecule has 1 atom stereocenters. The number of ether oxygens (including phenoxy) is 1. The van der Waals surface area contributed by atoms with Gasteiger partial charge in [-0.05, 0) is 76.5 Å². The smallest absolute Gasteiger partial charge is 0.271 e. The van der Waals surface area contributed by atoms with Gasteiger partial charge in [0.25, 0.3) is 5.56 Å². The van der Waals surface area contributed by atoms with Crippen LogP contribution in [-0.2, 0) is 6.42 Å². The van der Waals surface area contributed by atoms with Crippen LogP contribution in [0.3, 0.4) is 0 Å². The zero-order valence-corrected chi connectivity index (χ0v) is 23.6. The third-order valence-corrected chi connectivity index (χ3v) is 9.25. The minimum Gasteiger partial charge on any atom is -0.492 e. The standard InChI is InChI=1S/C27H20Br2N2O2S2/c1-2-33-25-16(12-17(28)14-20(25)29)13-22-26(32)31-24(21-8-5-11-34-21)19-10-9-15-6-3-4-7-18(15)23(19)30-27(31)35-22/h3-8,11-14,24H,2,9-10H2,1H3/b22-13+/t24-/m1/s1. The van der Waals surface area contributed by atoms with E-state index in [2.05, 4.69) is 73.6 Å². The number of thiazole rings is 1. The van der Waals surface area contributed by atoms with Crippen molar-refractivity contribution in [2.45, 2.75) is 25.8 Å². The number of halogens is 2. The van der Waals surface area contributed by atoms with Crippen LogP contribution in [0, 0.1) is 0 Å². The van der Waals surface area contributed by atoms with Crippen molar-refractivity contribution in [1.82, 2.24) is 4.57 Å². The third kappa shape index (κ3) is 4.00. The Morgan fingerprint density at radius 2 is 2.03 bits per heavy atom. The fourth-order valence-corrected chi connectivity index (χ4v) is 8.06. The van der Waals surface area contributed by atoms with Crippen LogP contribution in [0.2, 0.25) is 0 Å². The van der Waals surface area contributed by atoms with Crippen molar-refractivity contribution in [1.29, 1.82) is 0 Å². The topological polar surface area (TPSA) is 43.6 Å². The van der Waals surface area contributed by atoms with E-state index in [1.807, 2.05) is 29.7 Å². The second-order valence-electron chi connectivity index (χ2n) is 8.37. The van der Waals surface area contributed by atoms with Crippen molar-refractivity contribution in [3.8, 4) is 5.75 Å². The number of benzene rings is 2. The van der Waals surface area contributed by atoms with Gasteiger partial charge in [-0.25, -0.2) is 4.99 Å². The number of rotatable bonds is 4. The molecule has 4 aromatic rings. The number of fused-ring (bicyclic) bond motifs is 3. The third-order valence-electron chi connectivity index (χ3n) is 6.30. The Hall–Kier alpha value is -2.26. The van der Waals surface area contributed by atoms with Crippen molar-refractivity contribution in [3.05, 3.63) is 110 Å². The fraction of sp³-hybridized carbons (Fsp3) is 0.185. The molecule has 2 aliphatic rings. The average Bonchev–Trinajstić information content (AvgIpc) is 3.48. The summed E-state index contributed by atoms with van der Waals surface area (Å²) in [6.07, 6.45) is 3.78. The summed E-state index contributed by atoms with van der Waals surface area (Å²) in [5, 5.41) is 2.08. The van der Waals surface area contributed by atoms with E-state index >= 15 is 0 Å². The van der Waals surface area contributed by atoms with Crippen LogP contribution in [0.5, 0.6) is 5.75 Å². The normalized spacial score (nSPS) is 17.0. The summed E-state index contributed by atoms with van der Waals surface area (Å²) >= 11 is 10.3. The first-order chi connectivity index (χ1) is 17.0. The Labute approximate surface area is 227 Å². The quantitative estimate of drug-likeness (QED) is 0.266. The molecule has 2 aromatic carbocycles. The highest BCUT2D eigenvalue weighted by atomic mass is 79.9. The number of thiophene rings is 1. The van der Waals surface area contributed by atoms with E-state index in [9.17, 15) is 4.79 Å². The molecule has 0 saturated heterocycles. The van der Waals surface area contributed by atoms with Crippen molar-refractivity contribution in [2.75, 3.05) is 6.61 Å². The SMILES string of the molecule is CCOc1c(Br)cc(Br)cc1/C=c1/sc2n(c1=O)[C@@H](c1cccs1)C1=C(N=2)c2ccccc2CC1. The van der Waals surface area contributed by atoms with E-state index < -0.39 is 0 Å². The molecule has 0 saturated carbocycles. The van der Waals surface area contributed by atoms with E-state index in [4.69, 9.17) is 9.73 Å². The van der Waals surface area contributed by atoms with Gasteiger partial charge in [0.15, 0.2) is 4.80 Å². The van der Waals surface area contributed by atoms with Crippen LogP contribution < -0.4 is 19.6 Å². The highest BCUT2D eigenvalue weighted by Crippen LogP contribution is 2.42. The molecule has 176 valence electrons. The van der Waals surface area contributed by atoms with Gasteiger partial charge in [-0.3, -0.25) is 9.36 Å². The zero-order chi connectivity index (χ0) is 24.1. The lowest BCUT2D eigenvalue weighted by Gasteiger charge is -2.30. The van der Waals surface area contributed by atoms with Crippen LogP contribution in [0.1, 0.15) is 41.0 Å². The lowest BCUT2D eigenvalue weighted by Crippen LogP contribution is -2.38. The number of aromatic nitrogens is 1. The summed E-state index contributed by atoms with van der Waals surface area (Å²) in [5.74, 6) is 0.726. The van der Waals surface area contributed by atoms with E-state index in [-0.39, 0.29) is 11.6 Å². The summed E-state index contributed by atoms with van der Waals surface area (Å²) in [6, 6.07) is 16.5. The van der Waals surface area contributed by atoms with Crippen molar-refractivity contribution in [3.63, 3.8) is 0 Å². The number of hydrogen-bond acceptors (Lipinski definition) is 5. The molecule has 3 heterocycles. The summed E-state index contributed by atoms with van der Waals surface area (Å²) in [5.41, 5.74) is 5.58. The number of aryl methyl sites for hydroxylation is 1. The number of nitrogens with zero attached hydrogens (tertiary/aromatic N) is 2. The Balaban J connectivity index is 1.61. The molecule has 6 rings (SSSR count). The summed E-state index contributed by atoms with van der Waals surface area (Å²) in [7, 11) is 0. The molecule has 8 heteroatoms. The maximum atomic E-state index is 13.9. The largest absolute Gasteiger partial charge is 0.492 e. The van der Waals surface area contributed by atoms with Gasteiger partial charge in [0.05, 0.1) is 27.4 Å². The predicted molar refractivity (Wildman–Crippen MR) is 150 cm³/mol. The Kier molecular flexibility index (Phi) is 6.16. The second-order valence-corrected chi connectivity index (χ2v) is 12.1. The molecule has 0 radical (unpaired) electrons. The minimum absolute atomic E-state index is 0.0175. The van der Waals surface area contributed by atoms with Gasteiger partial charge in [0, 0.05) is 20.5 Å². The van der Waals surface area contributed by atoms with Gasteiger partial charge in [0.1, 0.15) is 5.75 Å². The first-order valence-corrected chi connectivity index (χ1v) is 14.6. The lowest BCUT2D eigenvalue weighted by atomic mass is 9.85. The zero-order valence-electron chi connectivity index (χ0n) is 18.8. The highest BCUT2D eigenvalue weighted by molar-refractivity contribution is 9.11. The predicted octanol–water partition coefficient (Wildman–Crippen LogP) is 6.30. The Morgan fingerprint density at radius 1 is 1.17 bits per heavy atom. The molecule has 0 N–H and O–H groups in total. The molecule has 2 aromatic heterocycles. The number of hydrogen-bond donors (Lipinski definition) is 0. The van der Waals surface area contributed by atoms with Crippen LogP contribution in [-0.4, -0.2) is 11.2 Å². The highest BCUT2D eigenvalue weighted by Gasteiger charge is 2.33. The van der Waals surface area contributed by atoms with Gasteiger partial charge in [-0.15, -0.1) is 11.3 Å². The first kappa shape index (κ1) is 23.2. The van der Waals surface area contributed by atoms with Gasteiger partial charge in [0.2, 0.25) is 0 Å². The summed E-state index contributed by atoms with van der Waals surface area (Å²) < 4.78 is 10.2.